The van der Waals surface area contributed by atoms with E-state index < -0.39 is 17.8 Å². The van der Waals surface area contributed by atoms with Crippen LogP contribution in [0.1, 0.15) is 28.6 Å². The number of carboxylic acids is 1. The van der Waals surface area contributed by atoms with Gasteiger partial charge in [-0.3, -0.25) is 9.59 Å². The Morgan fingerprint density at radius 3 is 2.60 bits per heavy atom. The quantitative estimate of drug-likeness (QED) is 0.823. The van der Waals surface area contributed by atoms with Gasteiger partial charge < -0.3 is 14.9 Å². The number of rotatable bonds is 5. The average Bonchev–Trinajstić information content (AvgIpc) is 2.87. The van der Waals surface area contributed by atoms with Crippen LogP contribution in [0.15, 0.2) is 11.4 Å². The van der Waals surface area contributed by atoms with E-state index in [1.165, 1.54) is 4.90 Å². The number of carbonyl (C=O) groups excluding carboxylic acids is 2. The van der Waals surface area contributed by atoms with Crippen molar-refractivity contribution in [3.63, 3.8) is 0 Å². The maximum Gasteiger partial charge on any atom is 0.346 e. The molecule has 0 aliphatic carbocycles. The van der Waals surface area contributed by atoms with Gasteiger partial charge in [0.25, 0.3) is 0 Å². The molecule has 1 aromatic heterocycles. The van der Waals surface area contributed by atoms with Gasteiger partial charge in [-0.2, -0.15) is 0 Å². The number of hydrogen-bond donors (Lipinski definition) is 1. The molecule has 1 aliphatic heterocycles. The lowest BCUT2D eigenvalue weighted by Gasteiger charge is -2.33. The number of amides is 2. The first-order chi connectivity index (χ1) is 9.54. The number of aromatic carboxylic acids is 1. The summed E-state index contributed by atoms with van der Waals surface area (Å²) in [5, 5.41) is 10.7. The summed E-state index contributed by atoms with van der Waals surface area (Å²) in [7, 11) is 0. The number of hydrogen-bond acceptors (Lipinski definition) is 4. The van der Waals surface area contributed by atoms with Crippen molar-refractivity contribution in [2.24, 2.45) is 0 Å². The highest BCUT2D eigenvalue weighted by Gasteiger charge is 2.32. The topological polar surface area (TPSA) is 77.9 Å². The molecule has 1 saturated heterocycles. The van der Waals surface area contributed by atoms with E-state index in [9.17, 15) is 14.4 Å². The van der Waals surface area contributed by atoms with Crippen LogP contribution in [0.2, 0.25) is 0 Å². The van der Waals surface area contributed by atoms with Crippen molar-refractivity contribution >= 4 is 29.1 Å². The van der Waals surface area contributed by atoms with E-state index in [1.54, 1.807) is 16.3 Å². The molecule has 0 aromatic carbocycles. The molecule has 0 spiro atoms. The minimum atomic E-state index is -1.00. The molecule has 2 heterocycles. The van der Waals surface area contributed by atoms with Crippen molar-refractivity contribution in [3.05, 3.63) is 21.9 Å². The van der Waals surface area contributed by atoms with E-state index in [-0.39, 0.29) is 11.4 Å². The lowest BCUT2D eigenvalue weighted by atomic mass is 10.2. The Bertz CT molecular complexity index is 540. The summed E-state index contributed by atoms with van der Waals surface area (Å²) in [6.07, 6.45) is 0.812. The molecular weight excluding hydrogens is 280 g/mol. The summed E-state index contributed by atoms with van der Waals surface area (Å²) in [6.45, 7) is 3.66. The molecule has 2 rings (SSSR count). The van der Waals surface area contributed by atoms with E-state index >= 15 is 0 Å². The fraction of sp³-hybridized carbons (Fsp3) is 0.462. The van der Waals surface area contributed by atoms with Gasteiger partial charge in [0.15, 0.2) is 0 Å². The minimum absolute atomic E-state index is 0.176. The Balaban J connectivity index is 2.08. The largest absolute Gasteiger partial charge is 0.477 e. The van der Waals surface area contributed by atoms with Crippen LogP contribution >= 0.6 is 11.3 Å². The molecule has 2 amide bonds. The van der Waals surface area contributed by atoms with Crippen molar-refractivity contribution in [1.29, 1.82) is 0 Å². The number of carboxylic acid groups (broad SMARTS) is 1. The molecule has 0 atom stereocenters. The van der Waals surface area contributed by atoms with Crippen LogP contribution in [0.5, 0.6) is 0 Å². The molecule has 6 nitrogen and oxygen atoms in total. The molecule has 1 aliphatic rings. The SMILES string of the molecule is CCCN1CCN(Cc2ccsc2C(=O)O)C(=O)C1=O. The van der Waals surface area contributed by atoms with Gasteiger partial charge in [0.2, 0.25) is 0 Å². The third-order valence-corrected chi connectivity index (χ3v) is 4.14. The fourth-order valence-electron chi connectivity index (χ4n) is 2.20. The summed E-state index contributed by atoms with van der Waals surface area (Å²) in [4.78, 5) is 38.1. The van der Waals surface area contributed by atoms with Crippen LogP contribution in [0.3, 0.4) is 0 Å². The zero-order valence-electron chi connectivity index (χ0n) is 11.2. The van der Waals surface area contributed by atoms with Crippen molar-refractivity contribution in [1.82, 2.24) is 9.80 Å². The zero-order chi connectivity index (χ0) is 14.7. The maximum absolute atomic E-state index is 12.0. The van der Waals surface area contributed by atoms with Gasteiger partial charge in [0.05, 0.1) is 0 Å². The van der Waals surface area contributed by atoms with Gasteiger partial charge in [0.1, 0.15) is 4.88 Å². The predicted octanol–water partition coefficient (Wildman–Crippen LogP) is 1.03. The number of thiophene rings is 1. The molecule has 1 fully saturated rings. The molecule has 1 aromatic rings. The standard InChI is InChI=1S/C13H16N2O4S/c1-2-4-14-5-6-15(12(17)11(14)16)8-9-3-7-20-10(9)13(18)19/h3,7H,2,4-6,8H2,1H3,(H,18,19). The van der Waals surface area contributed by atoms with Gasteiger partial charge in [0, 0.05) is 26.2 Å². The second kappa shape index (κ2) is 6.04. The highest BCUT2D eigenvalue weighted by atomic mass is 32.1. The summed E-state index contributed by atoms with van der Waals surface area (Å²) in [5.74, 6) is -2.05. The Hall–Kier alpha value is -1.89. The first-order valence-corrected chi connectivity index (χ1v) is 7.30. The van der Waals surface area contributed by atoms with Crippen LogP contribution in [-0.4, -0.2) is 52.3 Å². The minimum Gasteiger partial charge on any atom is -0.477 e. The third kappa shape index (κ3) is 2.82. The lowest BCUT2D eigenvalue weighted by Crippen LogP contribution is -2.54. The maximum atomic E-state index is 12.0. The summed E-state index contributed by atoms with van der Waals surface area (Å²) in [6, 6.07) is 1.68. The third-order valence-electron chi connectivity index (χ3n) is 3.19. The van der Waals surface area contributed by atoms with Crippen LogP contribution in [0.25, 0.3) is 0 Å². The van der Waals surface area contributed by atoms with Gasteiger partial charge >= 0.3 is 17.8 Å². The highest BCUT2D eigenvalue weighted by Crippen LogP contribution is 2.20. The molecule has 0 unspecified atom stereocenters. The van der Waals surface area contributed by atoms with E-state index in [0.717, 1.165) is 17.8 Å². The van der Waals surface area contributed by atoms with Crippen molar-refractivity contribution in [2.75, 3.05) is 19.6 Å². The first kappa shape index (κ1) is 14.5. The van der Waals surface area contributed by atoms with Crippen molar-refractivity contribution < 1.29 is 19.5 Å². The van der Waals surface area contributed by atoms with Gasteiger partial charge in [-0.25, -0.2) is 4.79 Å². The van der Waals surface area contributed by atoms with Crippen LogP contribution in [0, 0.1) is 0 Å². The summed E-state index contributed by atoms with van der Waals surface area (Å²) >= 11 is 1.12. The van der Waals surface area contributed by atoms with Crippen molar-refractivity contribution in [3.8, 4) is 0 Å². The molecule has 0 saturated carbocycles. The smallest absolute Gasteiger partial charge is 0.346 e. The molecule has 0 bridgehead atoms. The Labute approximate surface area is 120 Å². The second-order valence-electron chi connectivity index (χ2n) is 4.60. The van der Waals surface area contributed by atoms with E-state index in [2.05, 4.69) is 0 Å². The Kier molecular flexibility index (Phi) is 4.39. The molecule has 0 radical (unpaired) electrons. The highest BCUT2D eigenvalue weighted by molar-refractivity contribution is 7.12. The van der Waals surface area contributed by atoms with Crippen LogP contribution < -0.4 is 0 Å². The second-order valence-corrected chi connectivity index (χ2v) is 5.52. The molecule has 7 heteroatoms. The Morgan fingerprint density at radius 2 is 1.95 bits per heavy atom. The van der Waals surface area contributed by atoms with Gasteiger partial charge in [-0.15, -0.1) is 11.3 Å². The van der Waals surface area contributed by atoms with Crippen LogP contribution in [-0.2, 0) is 16.1 Å². The summed E-state index contributed by atoms with van der Waals surface area (Å²) < 4.78 is 0. The zero-order valence-corrected chi connectivity index (χ0v) is 12.0. The van der Waals surface area contributed by atoms with Gasteiger partial charge in [-0.1, -0.05) is 6.92 Å². The predicted molar refractivity (Wildman–Crippen MR) is 73.6 cm³/mol. The molecule has 108 valence electrons. The normalized spacial score (nSPS) is 15.8. The average molecular weight is 296 g/mol. The first-order valence-electron chi connectivity index (χ1n) is 6.42. The fourth-order valence-corrected chi connectivity index (χ4v) is 2.96. The number of nitrogens with zero attached hydrogens (tertiary/aromatic N) is 2. The van der Waals surface area contributed by atoms with E-state index in [4.69, 9.17) is 5.11 Å². The Morgan fingerprint density at radius 1 is 1.30 bits per heavy atom. The number of piperazine rings is 1. The molecule has 20 heavy (non-hydrogen) atoms. The van der Waals surface area contributed by atoms with E-state index in [0.29, 0.717) is 25.2 Å². The lowest BCUT2D eigenvalue weighted by molar-refractivity contribution is -0.156. The summed E-state index contributed by atoms with van der Waals surface area (Å²) in [5.41, 5.74) is 0.576. The van der Waals surface area contributed by atoms with Gasteiger partial charge in [-0.05, 0) is 23.4 Å². The van der Waals surface area contributed by atoms with Crippen molar-refractivity contribution in [2.45, 2.75) is 19.9 Å². The van der Waals surface area contributed by atoms with Crippen LogP contribution in [0.4, 0.5) is 0 Å². The molecule has 1 N–H and O–H groups in total. The number of carbonyl (C=O) groups is 3. The monoisotopic (exact) mass is 296 g/mol. The molecular formula is C13H16N2O4S. The van der Waals surface area contributed by atoms with E-state index in [1.807, 2.05) is 6.92 Å².